The number of urea groups is 2. The number of amides is 6. The smallest absolute Gasteiger partial charge is 0.325 e. The van der Waals surface area contributed by atoms with Gasteiger partial charge in [-0.2, -0.15) is 0 Å². The van der Waals surface area contributed by atoms with Crippen molar-refractivity contribution in [3.63, 3.8) is 0 Å². The Morgan fingerprint density at radius 2 is 1.93 bits per heavy atom. The number of rotatable bonds is 4. The van der Waals surface area contributed by atoms with Crippen molar-refractivity contribution >= 4 is 23.9 Å². The Morgan fingerprint density at radius 1 is 1.22 bits per heavy atom. The van der Waals surface area contributed by atoms with Crippen molar-refractivity contribution in [3.05, 3.63) is 23.8 Å². The summed E-state index contributed by atoms with van der Waals surface area (Å²) < 4.78 is 11.0. The maximum Gasteiger partial charge on any atom is 0.325 e. The van der Waals surface area contributed by atoms with Crippen LogP contribution in [-0.4, -0.2) is 55.6 Å². The van der Waals surface area contributed by atoms with E-state index in [1.54, 1.807) is 25.1 Å². The van der Waals surface area contributed by atoms with Gasteiger partial charge < -0.3 is 20.1 Å². The van der Waals surface area contributed by atoms with E-state index in [-0.39, 0.29) is 13.0 Å². The average Bonchev–Trinajstić information content (AvgIpc) is 2.89. The van der Waals surface area contributed by atoms with E-state index in [4.69, 9.17) is 9.47 Å². The van der Waals surface area contributed by atoms with Crippen molar-refractivity contribution in [1.29, 1.82) is 0 Å². The van der Waals surface area contributed by atoms with Gasteiger partial charge >= 0.3 is 12.1 Å². The van der Waals surface area contributed by atoms with Crippen LogP contribution in [-0.2, 0) is 15.1 Å². The SMILES string of the molecule is CNC(=O)NC(=O)CCN1C(=O)N[C@](C)(c2ccc3c(c2)OCCO3)C1=O. The predicted molar refractivity (Wildman–Crippen MR) is 92.2 cm³/mol. The van der Waals surface area contributed by atoms with E-state index in [9.17, 15) is 19.2 Å². The topological polar surface area (TPSA) is 126 Å². The van der Waals surface area contributed by atoms with Crippen molar-refractivity contribution in [3.8, 4) is 11.5 Å². The second-order valence-electron chi connectivity index (χ2n) is 6.25. The van der Waals surface area contributed by atoms with Gasteiger partial charge in [0, 0.05) is 20.0 Å². The van der Waals surface area contributed by atoms with Gasteiger partial charge in [-0.15, -0.1) is 0 Å². The maximum atomic E-state index is 12.9. The molecule has 3 N–H and O–H groups in total. The molecule has 1 aromatic rings. The number of hydrogen-bond donors (Lipinski definition) is 3. The largest absolute Gasteiger partial charge is 0.486 e. The molecule has 2 aliphatic heterocycles. The van der Waals surface area contributed by atoms with Crippen molar-refractivity contribution in [2.75, 3.05) is 26.8 Å². The number of hydrogen-bond acceptors (Lipinski definition) is 6. The number of carbonyl (C=O) groups excluding carboxylic acids is 4. The van der Waals surface area contributed by atoms with Crippen LogP contribution in [0.2, 0.25) is 0 Å². The highest BCUT2D eigenvalue weighted by molar-refractivity contribution is 6.07. The Bertz CT molecular complexity index is 811. The fourth-order valence-electron chi connectivity index (χ4n) is 2.92. The van der Waals surface area contributed by atoms with E-state index in [0.717, 1.165) is 4.90 Å². The molecule has 1 saturated heterocycles. The Kier molecular flexibility index (Phi) is 4.89. The third-order valence-electron chi connectivity index (χ3n) is 4.44. The lowest BCUT2D eigenvalue weighted by Gasteiger charge is -2.25. The molecule has 1 atom stereocenters. The lowest BCUT2D eigenvalue weighted by atomic mass is 9.91. The van der Waals surface area contributed by atoms with Crippen LogP contribution in [0.1, 0.15) is 18.9 Å². The van der Waals surface area contributed by atoms with Crippen LogP contribution in [0.3, 0.4) is 0 Å². The molecular formula is C17H20N4O6. The van der Waals surface area contributed by atoms with Gasteiger partial charge in [0.1, 0.15) is 18.8 Å². The third kappa shape index (κ3) is 3.50. The van der Waals surface area contributed by atoms with Crippen LogP contribution < -0.4 is 25.4 Å². The monoisotopic (exact) mass is 376 g/mol. The zero-order chi connectivity index (χ0) is 19.6. The zero-order valence-electron chi connectivity index (χ0n) is 15.0. The lowest BCUT2D eigenvalue weighted by Crippen LogP contribution is -2.42. The van der Waals surface area contributed by atoms with Crippen LogP contribution in [0.25, 0.3) is 0 Å². The van der Waals surface area contributed by atoms with E-state index in [0.29, 0.717) is 30.3 Å². The molecule has 3 rings (SSSR count). The zero-order valence-corrected chi connectivity index (χ0v) is 15.0. The first-order valence-electron chi connectivity index (χ1n) is 8.41. The van der Waals surface area contributed by atoms with E-state index >= 15 is 0 Å². The fraction of sp³-hybridized carbons (Fsp3) is 0.412. The van der Waals surface area contributed by atoms with Crippen LogP contribution in [0.5, 0.6) is 11.5 Å². The first kappa shape index (κ1) is 18.5. The van der Waals surface area contributed by atoms with Crippen LogP contribution in [0.15, 0.2) is 18.2 Å². The highest BCUT2D eigenvalue weighted by Gasteiger charge is 2.49. The van der Waals surface area contributed by atoms with Gasteiger partial charge in [0.2, 0.25) is 5.91 Å². The second kappa shape index (κ2) is 7.14. The molecule has 27 heavy (non-hydrogen) atoms. The molecule has 0 unspecified atom stereocenters. The second-order valence-corrected chi connectivity index (χ2v) is 6.25. The van der Waals surface area contributed by atoms with Crippen LogP contribution in [0, 0.1) is 0 Å². The first-order valence-corrected chi connectivity index (χ1v) is 8.41. The molecule has 6 amide bonds. The fourth-order valence-corrected chi connectivity index (χ4v) is 2.92. The minimum atomic E-state index is -1.29. The third-order valence-corrected chi connectivity index (χ3v) is 4.44. The average molecular weight is 376 g/mol. The number of benzene rings is 1. The molecule has 0 saturated carbocycles. The summed E-state index contributed by atoms with van der Waals surface area (Å²) in [6.45, 7) is 2.29. The Labute approximate surface area is 155 Å². The molecule has 10 heteroatoms. The summed E-state index contributed by atoms with van der Waals surface area (Å²) in [5.41, 5.74) is -0.744. The Morgan fingerprint density at radius 3 is 2.63 bits per heavy atom. The Hall–Kier alpha value is -3.30. The highest BCUT2D eigenvalue weighted by Crippen LogP contribution is 2.36. The van der Waals surface area contributed by atoms with Gasteiger partial charge in [-0.3, -0.25) is 19.8 Å². The minimum absolute atomic E-state index is 0.145. The molecule has 2 aliphatic rings. The molecular weight excluding hydrogens is 356 g/mol. The molecule has 2 heterocycles. The highest BCUT2D eigenvalue weighted by atomic mass is 16.6. The van der Waals surface area contributed by atoms with Gasteiger partial charge in [-0.25, -0.2) is 9.59 Å². The van der Waals surface area contributed by atoms with E-state index < -0.39 is 29.4 Å². The van der Waals surface area contributed by atoms with Crippen LogP contribution in [0.4, 0.5) is 9.59 Å². The van der Waals surface area contributed by atoms with Crippen molar-refractivity contribution in [1.82, 2.24) is 20.9 Å². The lowest BCUT2D eigenvalue weighted by molar-refractivity contribution is -0.131. The minimum Gasteiger partial charge on any atom is -0.486 e. The first-order chi connectivity index (χ1) is 12.8. The summed E-state index contributed by atoms with van der Waals surface area (Å²) in [6, 6.07) is 3.78. The molecule has 144 valence electrons. The van der Waals surface area contributed by atoms with Crippen molar-refractivity contribution in [2.45, 2.75) is 18.9 Å². The predicted octanol–water partition coefficient (Wildman–Crippen LogP) is 0.0705. The van der Waals surface area contributed by atoms with Gasteiger partial charge in [0.25, 0.3) is 5.91 Å². The standard InChI is InChI=1S/C17H20N4O6/c1-17(10-3-4-11-12(9-10)27-8-7-26-11)14(23)21(16(25)20-17)6-5-13(22)19-15(24)18-2/h3-4,9H,5-8H2,1-2H3,(H,20,25)(H2,18,19,22,24)/t17-/m1/s1. The van der Waals surface area contributed by atoms with Gasteiger partial charge in [-0.1, -0.05) is 6.07 Å². The molecule has 1 aromatic carbocycles. The van der Waals surface area contributed by atoms with Crippen LogP contribution >= 0.6 is 0 Å². The summed E-state index contributed by atoms with van der Waals surface area (Å²) in [7, 11) is 1.37. The van der Waals surface area contributed by atoms with E-state index in [1.165, 1.54) is 7.05 Å². The van der Waals surface area contributed by atoms with Gasteiger partial charge in [-0.05, 0) is 24.6 Å². The Balaban J connectivity index is 1.73. The summed E-state index contributed by atoms with van der Waals surface area (Å²) in [5, 5.41) is 6.99. The summed E-state index contributed by atoms with van der Waals surface area (Å²) in [4.78, 5) is 48.9. The number of carbonyl (C=O) groups is 4. The molecule has 0 aromatic heterocycles. The summed E-state index contributed by atoms with van der Waals surface area (Å²) in [6.07, 6.45) is -0.191. The number of nitrogens with zero attached hydrogens (tertiary/aromatic N) is 1. The summed E-state index contributed by atoms with van der Waals surface area (Å²) in [5.74, 6) is -0.00154. The van der Waals surface area contributed by atoms with Gasteiger partial charge in [0.05, 0.1) is 0 Å². The molecule has 0 bridgehead atoms. The number of ether oxygens (including phenoxy) is 2. The number of nitrogens with one attached hydrogen (secondary N) is 3. The quantitative estimate of drug-likeness (QED) is 0.639. The normalized spacial score (nSPS) is 20.9. The number of fused-ring (bicyclic) bond motifs is 1. The molecule has 0 spiro atoms. The van der Waals surface area contributed by atoms with E-state index in [1.807, 2.05) is 0 Å². The molecule has 0 aliphatic carbocycles. The molecule has 1 fully saturated rings. The summed E-state index contributed by atoms with van der Waals surface area (Å²) >= 11 is 0. The van der Waals surface area contributed by atoms with Crippen molar-refractivity contribution < 1.29 is 28.7 Å². The molecule has 0 radical (unpaired) electrons. The number of imide groups is 2. The molecule has 10 nitrogen and oxygen atoms in total. The van der Waals surface area contributed by atoms with Gasteiger partial charge in [0.15, 0.2) is 11.5 Å². The van der Waals surface area contributed by atoms with Crippen molar-refractivity contribution in [2.24, 2.45) is 0 Å². The maximum absolute atomic E-state index is 12.9. The van der Waals surface area contributed by atoms with E-state index in [2.05, 4.69) is 16.0 Å².